The van der Waals surface area contributed by atoms with E-state index >= 15 is 0 Å². The molecule has 0 spiro atoms. The molecule has 1 heterocycles. The Morgan fingerprint density at radius 2 is 2.24 bits per heavy atom. The van der Waals surface area contributed by atoms with Crippen LogP contribution in [0, 0.1) is 5.92 Å². The third-order valence-electron chi connectivity index (χ3n) is 3.38. The number of benzene rings is 1. The summed E-state index contributed by atoms with van der Waals surface area (Å²) in [6.07, 6.45) is 2.63. The molecule has 2 rings (SSSR count). The number of halogens is 1. The first-order valence-corrected chi connectivity index (χ1v) is 7.06. The van der Waals surface area contributed by atoms with Crippen molar-refractivity contribution in [1.29, 1.82) is 0 Å². The number of hydrogen-bond acceptors (Lipinski definition) is 2. The van der Waals surface area contributed by atoms with Gasteiger partial charge in [-0.2, -0.15) is 0 Å². The van der Waals surface area contributed by atoms with E-state index in [1.807, 2.05) is 6.07 Å². The molecule has 0 amide bonds. The van der Waals surface area contributed by atoms with Crippen LogP contribution in [0.4, 0.5) is 0 Å². The number of hydrogen-bond donors (Lipinski definition) is 1. The van der Waals surface area contributed by atoms with Crippen LogP contribution in [0.1, 0.15) is 43.9 Å². The lowest BCUT2D eigenvalue weighted by molar-refractivity contribution is 0.109. The van der Waals surface area contributed by atoms with Gasteiger partial charge < -0.3 is 9.84 Å². The highest BCUT2D eigenvalue weighted by Crippen LogP contribution is 2.39. The van der Waals surface area contributed by atoms with Crippen LogP contribution in [-0.2, 0) is 6.42 Å². The molecule has 2 atom stereocenters. The topological polar surface area (TPSA) is 29.5 Å². The zero-order valence-electron chi connectivity index (χ0n) is 10.4. The molecule has 94 valence electrons. The summed E-state index contributed by atoms with van der Waals surface area (Å²) >= 11 is 3.51. The molecule has 0 bridgehead atoms. The SMILES string of the molecule is CCCC(C)C(O)c1cc(Br)cc2c1OCC2. The Bertz CT molecular complexity index is 403. The van der Waals surface area contributed by atoms with E-state index in [2.05, 4.69) is 35.8 Å². The highest BCUT2D eigenvalue weighted by Gasteiger charge is 2.25. The summed E-state index contributed by atoms with van der Waals surface area (Å²) in [6, 6.07) is 4.07. The zero-order chi connectivity index (χ0) is 12.4. The maximum atomic E-state index is 10.4. The van der Waals surface area contributed by atoms with Crippen LogP contribution in [0.2, 0.25) is 0 Å². The monoisotopic (exact) mass is 298 g/mol. The second kappa shape index (κ2) is 5.40. The van der Waals surface area contributed by atoms with Gasteiger partial charge in [-0.1, -0.05) is 36.2 Å². The van der Waals surface area contributed by atoms with Crippen LogP contribution < -0.4 is 4.74 Å². The minimum absolute atomic E-state index is 0.266. The van der Waals surface area contributed by atoms with Gasteiger partial charge in [0.25, 0.3) is 0 Å². The van der Waals surface area contributed by atoms with E-state index in [9.17, 15) is 5.11 Å². The maximum absolute atomic E-state index is 10.4. The molecule has 0 radical (unpaired) electrons. The van der Waals surface area contributed by atoms with E-state index in [1.165, 1.54) is 5.56 Å². The lowest BCUT2D eigenvalue weighted by atomic mass is 9.92. The average molecular weight is 299 g/mol. The smallest absolute Gasteiger partial charge is 0.128 e. The molecule has 1 aliphatic heterocycles. The summed E-state index contributed by atoms with van der Waals surface area (Å²) in [5.74, 6) is 1.17. The average Bonchev–Trinajstić information content (AvgIpc) is 2.75. The van der Waals surface area contributed by atoms with Crippen LogP contribution in [0.25, 0.3) is 0 Å². The first-order valence-electron chi connectivity index (χ1n) is 6.26. The van der Waals surface area contributed by atoms with Gasteiger partial charge in [0, 0.05) is 16.5 Å². The zero-order valence-corrected chi connectivity index (χ0v) is 12.0. The third kappa shape index (κ3) is 2.66. The first-order chi connectivity index (χ1) is 8.13. The molecular weight excluding hydrogens is 280 g/mol. The summed E-state index contributed by atoms with van der Waals surface area (Å²) in [4.78, 5) is 0. The van der Waals surface area contributed by atoms with E-state index in [0.717, 1.165) is 41.7 Å². The summed E-state index contributed by atoms with van der Waals surface area (Å²) < 4.78 is 6.68. The van der Waals surface area contributed by atoms with Crippen molar-refractivity contribution in [1.82, 2.24) is 0 Å². The van der Waals surface area contributed by atoms with E-state index in [-0.39, 0.29) is 5.92 Å². The van der Waals surface area contributed by atoms with Gasteiger partial charge in [0.15, 0.2) is 0 Å². The molecule has 1 aliphatic rings. The summed E-state index contributed by atoms with van der Waals surface area (Å²) in [7, 11) is 0. The van der Waals surface area contributed by atoms with Crippen LogP contribution >= 0.6 is 15.9 Å². The van der Waals surface area contributed by atoms with Crippen LogP contribution in [0.3, 0.4) is 0 Å². The minimum Gasteiger partial charge on any atom is -0.493 e. The van der Waals surface area contributed by atoms with Crippen molar-refractivity contribution in [3.63, 3.8) is 0 Å². The molecule has 0 saturated carbocycles. The molecule has 1 N–H and O–H groups in total. The summed E-state index contributed by atoms with van der Waals surface area (Å²) in [6.45, 7) is 4.97. The number of rotatable bonds is 4. The molecule has 17 heavy (non-hydrogen) atoms. The Morgan fingerprint density at radius 1 is 1.47 bits per heavy atom. The van der Waals surface area contributed by atoms with Crippen molar-refractivity contribution < 1.29 is 9.84 Å². The second-order valence-corrected chi connectivity index (χ2v) is 5.71. The summed E-state index contributed by atoms with van der Waals surface area (Å²) in [5.41, 5.74) is 2.14. The molecule has 2 nitrogen and oxygen atoms in total. The van der Waals surface area contributed by atoms with Gasteiger partial charge in [-0.05, 0) is 30.0 Å². The Kier molecular flexibility index (Phi) is 4.10. The highest BCUT2D eigenvalue weighted by molar-refractivity contribution is 9.10. The van der Waals surface area contributed by atoms with E-state index < -0.39 is 6.10 Å². The van der Waals surface area contributed by atoms with Crippen LogP contribution in [-0.4, -0.2) is 11.7 Å². The van der Waals surface area contributed by atoms with Gasteiger partial charge in [0.1, 0.15) is 5.75 Å². The quantitative estimate of drug-likeness (QED) is 0.915. The molecule has 0 fully saturated rings. The molecule has 2 unspecified atom stereocenters. The van der Waals surface area contributed by atoms with Crippen molar-refractivity contribution in [3.05, 3.63) is 27.7 Å². The van der Waals surface area contributed by atoms with Gasteiger partial charge in [0.2, 0.25) is 0 Å². The predicted molar refractivity (Wildman–Crippen MR) is 72.4 cm³/mol. The van der Waals surface area contributed by atoms with E-state index in [4.69, 9.17) is 4.74 Å². The lowest BCUT2D eigenvalue weighted by Gasteiger charge is -2.21. The molecule has 0 saturated heterocycles. The Balaban J connectivity index is 2.31. The Labute approximate surface area is 111 Å². The van der Waals surface area contributed by atoms with Gasteiger partial charge in [-0.3, -0.25) is 0 Å². The predicted octanol–water partition coefficient (Wildman–Crippen LogP) is 3.85. The fourth-order valence-corrected chi connectivity index (χ4v) is 2.96. The van der Waals surface area contributed by atoms with Crippen molar-refractivity contribution in [2.45, 2.75) is 39.2 Å². The van der Waals surface area contributed by atoms with E-state index in [1.54, 1.807) is 0 Å². The lowest BCUT2D eigenvalue weighted by Crippen LogP contribution is -2.10. The van der Waals surface area contributed by atoms with Crippen molar-refractivity contribution in [2.75, 3.05) is 6.61 Å². The van der Waals surface area contributed by atoms with Gasteiger partial charge >= 0.3 is 0 Å². The standard InChI is InChI=1S/C14H19BrO2/c1-3-4-9(2)13(16)12-8-11(15)7-10-5-6-17-14(10)12/h7-9,13,16H,3-6H2,1-2H3. The Hall–Kier alpha value is -0.540. The van der Waals surface area contributed by atoms with Gasteiger partial charge in [-0.25, -0.2) is 0 Å². The fourth-order valence-electron chi connectivity index (χ4n) is 2.44. The molecule has 0 aromatic heterocycles. The largest absolute Gasteiger partial charge is 0.493 e. The second-order valence-electron chi connectivity index (χ2n) is 4.79. The van der Waals surface area contributed by atoms with E-state index in [0.29, 0.717) is 0 Å². The Morgan fingerprint density at radius 3 is 2.94 bits per heavy atom. The fraction of sp³-hybridized carbons (Fsp3) is 0.571. The third-order valence-corrected chi connectivity index (χ3v) is 3.84. The van der Waals surface area contributed by atoms with Crippen molar-refractivity contribution in [3.8, 4) is 5.75 Å². The van der Waals surface area contributed by atoms with Crippen LogP contribution in [0.15, 0.2) is 16.6 Å². The number of ether oxygens (including phenoxy) is 1. The van der Waals surface area contributed by atoms with Gasteiger partial charge in [-0.15, -0.1) is 0 Å². The molecule has 0 aliphatic carbocycles. The maximum Gasteiger partial charge on any atom is 0.128 e. The minimum atomic E-state index is -0.431. The molecular formula is C14H19BrO2. The van der Waals surface area contributed by atoms with Crippen LogP contribution in [0.5, 0.6) is 5.75 Å². The van der Waals surface area contributed by atoms with Crippen molar-refractivity contribution >= 4 is 15.9 Å². The van der Waals surface area contributed by atoms with Crippen molar-refractivity contribution in [2.24, 2.45) is 5.92 Å². The number of aliphatic hydroxyl groups is 1. The first kappa shape index (κ1) is 12.9. The molecule has 1 aromatic rings. The highest BCUT2D eigenvalue weighted by atomic mass is 79.9. The summed E-state index contributed by atoms with van der Waals surface area (Å²) in [5, 5.41) is 10.4. The molecule has 1 aromatic carbocycles. The number of fused-ring (bicyclic) bond motifs is 1. The molecule has 3 heteroatoms. The number of aliphatic hydroxyl groups excluding tert-OH is 1. The normalized spacial score (nSPS) is 17.4. The van der Waals surface area contributed by atoms with Gasteiger partial charge in [0.05, 0.1) is 12.7 Å².